The molecule has 0 spiro atoms. The maximum Gasteiger partial charge on any atom is 0.0644 e. The molecule has 104 valence electrons. The Morgan fingerprint density at radius 1 is 1.44 bits per heavy atom. The van der Waals surface area contributed by atoms with Gasteiger partial charge in [-0.15, -0.1) is 0 Å². The first-order valence-corrected chi connectivity index (χ1v) is 7.89. The number of aromatic nitrogens is 2. The maximum absolute atomic E-state index is 8.99. The number of aliphatic hydroxyl groups is 1. The SMILES string of the molecule is CCC(CSC)NCc1c(C)nn(CCO)c1C. The topological polar surface area (TPSA) is 50.1 Å². The van der Waals surface area contributed by atoms with Crippen molar-refractivity contribution in [3.63, 3.8) is 0 Å². The Kier molecular flexibility index (Phi) is 6.75. The van der Waals surface area contributed by atoms with Crippen LogP contribution in [0.4, 0.5) is 0 Å². The summed E-state index contributed by atoms with van der Waals surface area (Å²) in [5, 5.41) is 17.0. The Balaban J connectivity index is 2.66. The van der Waals surface area contributed by atoms with Crippen LogP contribution in [0.3, 0.4) is 0 Å². The zero-order valence-electron chi connectivity index (χ0n) is 11.9. The van der Waals surface area contributed by atoms with Crippen molar-refractivity contribution in [3.8, 4) is 0 Å². The van der Waals surface area contributed by atoms with Crippen LogP contribution in [-0.2, 0) is 13.1 Å². The molecule has 2 N–H and O–H groups in total. The van der Waals surface area contributed by atoms with Crippen LogP contribution in [0, 0.1) is 13.8 Å². The largest absolute Gasteiger partial charge is 0.394 e. The third kappa shape index (κ3) is 4.00. The van der Waals surface area contributed by atoms with Gasteiger partial charge in [0, 0.05) is 29.6 Å². The Bertz CT molecular complexity index is 365. The lowest BCUT2D eigenvalue weighted by atomic mass is 10.1. The minimum atomic E-state index is 0.138. The van der Waals surface area contributed by atoms with Gasteiger partial charge < -0.3 is 10.4 Å². The first-order valence-electron chi connectivity index (χ1n) is 6.50. The van der Waals surface area contributed by atoms with Crippen LogP contribution >= 0.6 is 11.8 Å². The first kappa shape index (κ1) is 15.5. The van der Waals surface area contributed by atoms with Gasteiger partial charge in [0.1, 0.15) is 0 Å². The van der Waals surface area contributed by atoms with Crippen molar-refractivity contribution in [1.29, 1.82) is 0 Å². The Hall–Kier alpha value is -0.520. The first-order chi connectivity index (χ1) is 8.63. The molecule has 0 fully saturated rings. The van der Waals surface area contributed by atoms with E-state index in [1.165, 1.54) is 5.56 Å². The summed E-state index contributed by atoms with van der Waals surface area (Å²) in [6, 6.07) is 0.556. The molecule has 4 nitrogen and oxygen atoms in total. The van der Waals surface area contributed by atoms with Crippen LogP contribution < -0.4 is 5.32 Å². The number of rotatable bonds is 8. The molecule has 0 radical (unpaired) electrons. The molecule has 18 heavy (non-hydrogen) atoms. The Morgan fingerprint density at radius 3 is 2.72 bits per heavy atom. The van der Waals surface area contributed by atoms with Gasteiger partial charge in [-0.2, -0.15) is 16.9 Å². The van der Waals surface area contributed by atoms with Gasteiger partial charge in [-0.05, 0) is 26.5 Å². The monoisotopic (exact) mass is 271 g/mol. The normalized spacial score (nSPS) is 12.9. The van der Waals surface area contributed by atoms with E-state index in [4.69, 9.17) is 5.11 Å². The van der Waals surface area contributed by atoms with Crippen molar-refractivity contribution in [2.45, 2.75) is 46.3 Å². The fourth-order valence-corrected chi connectivity index (χ4v) is 2.83. The summed E-state index contributed by atoms with van der Waals surface area (Å²) in [6.07, 6.45) is 3.28. The fraction of sp³-hybridized carbons (Fsp3) is 0.769. The van der Waals surface area contributed by atoms with Crippen LogP contribution in [0.15, 0.2) is 0 Å². The molecule has 1 heterocycles. The van der Waals surface area contributed by atoms with Gasteiger partial charge in [0.25, 0.3) is 0 Å². The molecule has 0 aliphatic rings. The second kappa shape index (κ2) is 7.81. The zero-order valence-corrected chi connectivity index (χ0v) is 12.7. The molecular formula is C13H25N3OS. The van der Waals surface area contributed by atoms with E-state index < -0.39 is 0 Å². The third-order valence-electron chi connectivity index (χ3n) is 3.27. The summed E-state index contributed by atoms with van der Waals surface area (Å²) in [5.41, 5.74) is 3.49. The number of nitrogens with zero attached hydrogens (tertiary/aromatic N) is 2. The van der Waals surface area contributed by atoms with E-state index >= 15 is 0 Å². The van der Waals surface area contributed by atoms with Crippen molar-refractivity contribution < 1.29 is 5.11 Å². The molecule has 0 amide bonds. The van der Waals surface area contributed by atoms with E-state index in [1.54, 1.807) is 0 Å². The number of hydrogen-bond donors (Lipinski definition) is 2. The van der Waals surface area contributed by atoms with Crippen LogP contribution in [0.1, 0.15) is 30.3 Å². The minimum absolute atomic E-state index is 0.138. The average Bonchev–Trinajstić information content (AvgIpc) is 2.61. The lowest BCUT2D eigenvalue weighted by Gasteiger charge is -2.15. The second-order valence-electron chi connectivity index (χ2n) is 4.54. The highest BCUT2D eigenvalue weighted by molar-refractivity contribution is 7.98. The number of nitrogens with one attached hydrogen (secondary N) is 1. The predicted octanol–water partition coefficient (Wildman–Crippen LogP) is 1.72. The molecule has 0 saturated heterocycles. The van der Waals surface area contributed by atoms with Gasteiger partial charge in [0.05, 0.1) is 18.8 Å². The van der Waals surface area contributed by atoms with E-state index in [0.717, 1.165) is 30.1 Å². The smallest absolute Gasteiger partial charge is 0.0644 e. The lowest BCUT2D eigenvalue weighted by molar-refractivity contribution is 0.267. The Morgan fingerprint density at radius 2 is 2.17 bits per heavy atom. The minimum Gasteiger partial charge on any atom is -0.394 e. The van der Waals surface area contributed by atoms with Crippen LogP contribution in [0.2, 0.25) is 0 Å². The number of thioether (sulfide) groups is 1. The van der Waals surface area contributed by atoms with Crippen molar-refractivity contribution in [2.75, 3.05) is 18.6 Å². The van der Waals surface area contributed by atoms with Gasteiger partial charge in [0.15, 0.2) is 0 Å². The average molecular weight is 271 g/mol. The molecule has 1 atom stereocenters. The number of aryl methyl sites for hydroxylation is 1. The number of hydrogen-bond acceptors (Lipinski definition) is 4. The molecule has 0 aliphatic heterocycles. The van der Waals surface area contributed by atoms with Crippen molar-refractivity contribution in [1.82, 2.24) is 15.1 Å². The van der Waals surface area contributed by atoms with Crippen molar-refractivity contribution >= 4 is 11.8 Å². The van der Waals surface area contributed by atoms with Gasteiger partial charge in [-0.3, -0.25) is 4.68 Å². The summed E-state index contributed by atoms with van der Waals surface area (Å²) >= 11 is 1.87. The molecule has 0 bridgehead atoms. The molecule has 1 unspecified atom stereocenters. The van der Waals surface area contributed by atoms with E-state index in [9.17, 15) is 0 Å². The van der Waals surface area contributed by atoms with Crippen molar-refractivity contribution in [2.24, 2.45) is 0 Å². The quantitative estimate of drug-likeness (QED) is 0.756. The van der Waals surface area contributed by atoms with E-state index in [1.807, 2.05) is 23.4 Å². The second-order valence-corrected chi connectivity index (χ2v) is 5.45. The molecule has 1 aromatic rings. The van der Waals surface area contributed by atoms with E-state index in [2.05, 4.69) is 30.5 Å². The molecule has 0 saturated carbocycles. The molecule has 0 aliphatic carbocycles. The van der Waals surface area contributed by atoms with Crippen molar-refractivity contribution in [3.05, 3.63) is 17.0 Å². The summed E-state index contributed by atoms with van der Waals surface area (Å²) in [4.78, 5) is 0. The highest BCUT2D eigenvalue weighted by Crippen LogP contribution is 2.13. The van der Waals surface area contributed by atoms with Gasteiger partial charge in [0.2, 0.25) is 0 Å². The standard InChI is InChI=1S/C13H25N3OS/c1-5-12(9-18-4)14-8-13-10(2)15-16(6-7-17)11(13)3/h12,14,17H,5-9H2,1-4H3. The fourth-order valence-electron chi connectivity index (χ4n) is 2.07. The summed E-state index contributed by atoms with van der Waals surface area (Å²) in [7, 11) is 0. The predicted molar refractivity (Wildman–Crippen MR) is 78.1 cm³/mol. The van der Waals surface area contributed by atoms with E-state index in [-0.39, 0.29) is 6.61 Å². The third-order valence-corrected chi connectivity index (χ3v) is 4.01. The highest BCUT2D eigenvalue weighted by Gasteiger charge is 2.12. The molecular weight excluding hydrogens is 246 g/mol. The molecule has 1 rings (SSSR count). The Labute approximate surface area is 114 Å². The van der Waals surface area contributed by atoms with Gasteiger partial charge >= 0.3 is 0 Å². The van der Waals surface area contributed by atoms with Crippen LogP contribution in [-0.4, -0.2) is 39.5 Å². The number of aliphatic hydroxyl groups excluding tert-OH is 1. The molecule has 5 heteroatoms. The lowest BCUT2D eigenvalue weighted by Crippen LogP contribution is -2.30. The van der Waals surface area contributed by atoms with Crippen LogP contribution in [0.25, 0.3) is 0 Å². The summed E-state index contributed by atoms with van der Waals surface area (Å²) in [6.45, 7) is 7.90. The van der Waals surface area contributed by atoms with Crippen LogP contribution in [0.5, 0.6) is 0 Å². The zero-order chi connectivity index (χ0) is 13.5. The van der Waals surface area contributed by atoms with Gasteiger partial charge in [-0.1, -0.05) is 6.92 Å². The summed E-state index contributed by atoms with van der Waals surface area (Å²) < 4.78 is 1.89. The summed E-state index contributed by atoms with van der Waals surface area (Å²) in [5.74, 6) is 1.14. The molecule has 0 aromatic carbocycles. The maximum atomic E-state index is 8.99. The van der Waals surface area contributed by atoms with Gasteiger partial charge in [-0.25, -0.2) is 0 Å². The molecule has 1 aromatic heterocycles. The highest BCUT2D eigenvalue weighted by atomic mass is 32.2. The van der Waals surface area contributed by atoms with E-state index in [0.29, 0.717) is 12.6 Å².